The summed E-state index contributed by atoms with van der Waals surface area (Å²) in [7, 11) is -3.61. The average molecular weight is 221 g/mol. The molecule has 0 aliphatic rings. The molecular formula is C6H20N3PSi2. The van der Waals surface area contributed by atoms with Gasteiger partial charge in [-0.15, -0.1) is 0 Å². The molecule has 0 aliphatic heterocycles. The number of nitrogens with zero attached hydrogens (tertiary/aromatic N) is 2. The van der Waals surface area contributed by atoms with Gasteiger partial charge in [0.25, 0.3) is 0 Å². The molecule has 12 heavy (non-hydrogen) atoms. The molecule has 0 aromatic heterocycles. The smallest absolute Gasteiger partial charge is 0.230 e. The van der Waals surface area contributed by atoms with Crippen LogP contribution in [0.2, 0.25) is 39.3 Å². The van der Waals surface area contributed by atoms with Gasteiger partial charge in [0.2, 0.25) is 8.24 Å². The van der Waals surface area contributed by atoms with E-state index in [1.807, 2.05) is 0 Å². The molecule has 0 aromatic rings. The van der Waals surface area contributed by atoms with Gasteiger partial charge in [0.15, 0.2) is 8.01 Å². The third kappa shape index (κ3) is 8.55. The van der Waals surface area contributed by atoms with E-state index in [2.05, 4.69) is 48.4 Å². The van der Waals surface area contributed by atoms with Crippen LogP contribution in [0.3, 0.4) is 0 Å². The van der Waals surface area contributed by atoms with Crippen molar-refractivity contribution in [3.05, 3.63) is 4.75 Å². The summed E-state index contributed by atoms with van der Waals surface area (Å²) in [5.41, 5.74) is 5.85. The summed E-state index contributed by atoms with van der Waals surface area (Å²) in [6, 6.07) is 0. The molecule has 0 saturated heterocycles. The van der Waals surface area contributed by atoms with Gasteiger partial charge >= 0.3 is 0 Å². The van der Waals surface area contributed by atoms with Crippen molar-refractivity contribution in [3.63, 3.8) is 0 Å². The van der Waals surface area contributed by atoms with Crippen molar-refractivity contribution in [3.8, 4) is 0 Å². The first-order valence-electron chi connectivity index (χ1n) is 4.11. The molecule has 0 bridgehead atoms. The zero-order valence-corrected chi connectivity index (χ0v) is 11.8. The fourth-order valence-electron chi connectivity index (χ4n) is 0.637. The molecule has 1 unspecified atom stereocenters. The van der Waals surface area contributed by atoms with E-state index >= 15 is 0 Å². The van der Waals surface area contributed by atoms with Crippen LogP contribution >= 0.6 is 8.01 Å². The fourth-order valence-corrected chi connectivity index (χ4v) is 6.14. The molecule has 0 heterocycles. The maximum atomic E-state index is 5.85. The van der Waals surface area contributed by atoms with E-state index < -0.39 is 24.5 Å². The average Bonchev–Trinajstić information content (AvgIpc) is 1.49. The minimum atomic E-state index is -1.36. The van der Waals surface area contributed by atoms with Gasteiger partial charge in [-0.1, -0.05) is 19.6 Å². The van der Waals surface area contributed by atoms with E-state index in [0.717, 1.165) is 0 Å². The molecule has 72 valence electrons. The van der Waals surface area contributed by atoms with Gasteiger partial charge in [0.1, 0.15) is 0 Å². The van der Waals surface area contributed by atoms with Crippen LogP contribution in [0.1, 0.15) is 0 Å². The highest BCUT2D eigenvalue weighted by Crippen LogP contribution is 2.33. The Kier molecular flexibility index (Phi) is 4.26. The highest BCUT2D eigenvalue weighted by molar-refractivity contribution is 7.53. The van der Waals surface area contributed by atoms with Crippen LogP contribution in [0.4, 0.5) is 0 Å². The molecular weight excluding hydrogens is 201 g/mol. The lowest BCUT2D eigenvalue weighted by molar-refractivity contribution is 1.58. The molecule has 0 rings (SSSR count). The Balaban J connectivity index is 4.23. The third-order valence-corrected chi connectivity index (χ3v) is 7.24. The van der Waals surface area contributed by atoms with Gasteiger partial charge in [0.05, 0.1) is 0 Å². The number of hydrogen-bond acceptors (Lipinski definition) is 1. The molecule has 0 aromatic carbocycles. The first-order valence-corrected chi connectivity index (χ1v) is 12.3. The van der Waals surface area contributed by atoms with Gasteiger partial charge < -0.3 is 4.75 Å². The van der Waals surface area contributed by atoms with E-state index in [-0.39, 0.29) is 0 Å². The van der Waals surface area contributed by atoms with Crippen LogP contribution < -0.4 is 5.50 Å². The molecule has 2 N–H and O–H groups in total. The second kappa shape index (κ2) is 4.11. The second-order valence-electron chi connectivity index (χ2n) is 4.86. The van der Waals surface area contributed by atoms with Crippen molar-refractivity contribution < 1.29 is 0 Å². The Hall–Kier alpha value is 0.454. The maximum absolute atomic E-state index is 5.85. The molecule has 0 radical (unpaired) electrons. The van der Waals surface area contributed by atoms with Crippen molar-refractivity contribution in [1.82, 2.24) is 0 Å². The maximum Gasteiger partial charge on any atom is 0.230 e. The quantitative estimate of drug-likeness (QED) is 0.575. The first kappa shape index (κ1) is 12.5. The van der Waals surface area contributed by atoms with Crippen LogP contribution in [-0.4, -0.2) is 16.5 Å². The Labute approximate surface area is 78.9 Å². The summed E-state index contributed by atoms with van der Waals surface area (Å²) in [5, 5.41) is 0. The van der Waals surface area contributed by atoms with E-state index in [4.69, 9.17) is 5.50 Å². The summed E-state index contributed by atoms with van der Waals surface area (Å²) in [6.07, 6.45) is 0. The highest BCUT2D eigenvalue weighted by atomic mass is 31.1. The number of hydrogen-bond donors (Lipinski definition) is 1. The van der Waals surface area contributed by atoms with Crippen LogP contribution in [0.5, 0.6) is 0 Å². The van der Waals surface area contributed by atoms with E-state index in [0.29, 0.717) is 0 Å². The largest absolute Gasteiger partial charge is 0.405 e. The summed E-state index contributed by atoms with van der Waals surface area (Å²) in [5.74, 6) is 0. The standard InChI is InChI=1S/C6H20N3PSi2/c1-11(2,3)8-10(7)9-12(4,5)6/h1-6H3,(H2,7,8,9). The van der Waals surface area contributed by atoms with E-state index in [1.165, 1.54) is 0 Å². The lowest BCUT2D eigenvalue weighted by Crippen LogP contribution is -2.19. The van der Waals surface area contributed by atoms with Crippen molar-refractivity contribution in [2.75, 3.05) is 0 Å². The van der Waals surface area contributed by atoms with Gasteiger partial charge in [-0.3, -0.25) is 0 Å². The Morgan fingerprint density at radius 3 is 1.75 bits per heavy atom. The highest BCUT2D eigenvalue weighted by Gasteiger charge is 2.17. The molecule has 1 atom stereocenters. The van der Waals surface area contributed by atoms with Gasteiger partial charge in [-0.2, -0.15) is 9.91 Å². The summed E-state index contributed by atoms with van der Waals surface area (Å²) in [6.45, 7) is 13.1. The summed E-state index contributed by atoms with van der Waals surface area (Å²) < 4.78 is 9.09. The van der Waals surface area contributed by atoms with E-state index in [1.54, 1.807) is 0 Å². The SMILES string of the molecule is C[Si](C)(C)N=[P+](N)[N-][Si](C)(C)C. The van der Waals surface area contributed by atoms with Gasteiger partial charge in [-0.25, -0.2) is 0 Å². The number of nitrogens with two attached hydrogens (primary N) is 1. The van der Waals surface area contributed by atoms with Gasteiger partial charge in [0, 0.05) is 0 Å². The topological polar surface area (TPSA) is 52.5 Å². The summed E-state index contributed by atoms with van der Waals surface area (Å²) >= 11 is 0. The lowest BCUT2D eigenvalue weighted by Gasteiger charge is -2.25. The van der Waals surface area contributed by atoms with Crippen molar-refractivity contribution in [2.45, 2.75) is 39.3 Å². The third-order valence-electron chi connectivity index (χ3n) is 0.805. The minimum absolute atomic E-state index is 0.883. The zero-order valence-electron chi connectivity index (χ0n) is 8.92. The molecule has 3 nitrogen and oxygen atoms in total. The number of rotatable bonds is 3. The van der Waals surface area contributed by atoms with Crippen molar-refractivity contribution in [2.24, 2.45) is 9.91 Å². The van der Waals surface area contributed by atoms with Crippen LogP contribution in [0, 0.1) is 0 Å². The lowest BCUT2D eigenvalue weighted by atomic mass is 11.8. The Morgan fingerprint density at radius 1 is 1.08 bits per heavy atom. The monoisotopic (exact) mass is 221 g/mol. The fraction of sp³-hybridized carbons (Fsp3) is 1.00. The van der Waals surface area contributed by atoms with E-state index in [9.17, 15) is 0 Å². The molecule has 0 spiro atoms. The molecule has 0 fully saturated rings. The second-order valence-corrected chi connectivity index (χ2v) is 15.8. The zero-order chi connectivity index (χ0) is 9.99. The predicted molar refractivity (Wildman–Crippen MR) is 63.6 cm³/mol. The van der Waals surface area contributed by atoms with Crippen LogP contribution in [0.25, 0.3) is 4.75 Å². The van der Waals surface area contributed by atoms with Gasteiger partial charge in [-0.05, 0) is 27.9 Å². The molecule has 0 saturated carbocycles. The predicted octanol–water partition coefficient (Wildman–Crippen LogP) is 3.48. The minimum Gasteiger partial charge on any atom is -0.405 e. The van der Waals surface area contributed by atoms with Crippen LogP contribution in [-0.2, 0) is 0 Å². The normalized spacial score (nSPS) is 15.1. The summed E-state index contributed by atoms with van der Waals surface area (Å²) in [4.78, 5) is 0. The van der Waals surface area contributed by atoms with Crippen molar-refractivity contribution >= 4 is 24.5 Å². The Morgan fingerprint density at radius 2 is 1.50 bits per heavy atom. The van der Waals surface area contributed by atoms with Crippen LogP contribution in [0.15, 0.2) is 4.41 Å². The van der Waals surface area contributed by atoms with Crippen molar-refractivity contribution in [1.29, 1.82) is 0 Å². The molecule has 0 aliphatic carbocycles. The molecule has 0 amide bonds. The molecule has 6 heteroatoms. The Bertz CT molecular complexity index is 180. The first-order chi connectivity index (χ1) is 5.10.